The summed E-state index contributed by atoms with van der Waals surface area (Å²) < 4.78 is 2.22. The minimum absolute atomic E-state index is 0.0612. The molecule has 1 heterocycles. The van der Waals surface area contributed by atoms with Crippen molar-refractivity contribution in [1.82, 2.24) is 14.5 Å². The molecule has 1 amide bonds. The summed E-state index contributed by atoms with van der Waals surface area (Å²) in [6, 6.07) is 20.9. The number of likely N-dealkylation sites (N-methyl/N-ethyl adjacent to an activating group) is 1. The van der Waals surface area contributed by atoms with Crippen molar-refractivity contribution in [3.63, 3.8) is 0 Å². The second kappa shape index (κ2) is 11.2. The summed E-state index contributed by atoms with van der Waals surface area (Å²) in [6.45, 7) is 3.11. The lowest BCUT2D eigenvalue weighted by atomic mass is 9.99. The van der Waals surface area contributed by atoms with E-state index < -0.39 is 5.97 Å². The fourth-order valence-corrected chi connectivity index (χ4v) is 4.33. The van der Waals surface area contributed by atoms with Gasteiger partial charge in [-0.2, -0.15) is 0 Å². The monoisotopic (exact) mass is 484 g/mol. The van der Waals surface area contributed by atoms with Crippen molar-refractivity contribution in [2.45, 2.75) is 32.7 Å². The highest BCUT2D eigenvalue weighted by Crippen LogP contribution is 2.26. The number of amides is 1. The number of fused-ring (bicyclic) bond motifs is 1. The third kappa shape index (κ3) is 5.80. The van der Waals surface area contributed by atoms with E-state index in [2.05, 4.69) is 16.8 Å². The number of nitrogens with one attached hydrogen (secondary N) is 1. The minimum Gasteiger partial charge on any atom is -0.478 e. The molecule has 7 nitrogen and oxygen atoms in total. The van der Waals surface area contributed by atoms with Crippen LogP contribution in [0.1, 0.15) is 41.5 Å². The molecule has 186 valence electrons. The first-order valence-corrected chi connectivity index (χ1v) is 12.2. The van der Waals surface area contributed by atoms with Crippen molar-refractivity contribution < 1.29 is 14.7 Å². The molecule has 0 bridgehead atoms. The summed E-state index contributed by atoms with van der Waals surface area (Å²) in [5.41, 5.74) is 5.57. The number of aromatic nitrogens is 2. The number of carbonyl (C=O) groups excluding carboxylic acids is 1. The maximum Gasteiger partial charge on any atom is 0.336 e. The van der Waals surface area contributed by atoms with Crippen molar-refractivity contribution in [3.8, 4) is 11.1 Å². The van der Waals surface area contributed by atoms with Gasteiger partial charge in [-0.3, -0.25) is 4.79 Å². The van der Waals surface area contributed by atoms with Crippen LogP contribution in [0.5, 0.6) is 0 Å². The summed E-state index contributed by atoms with van der Waals surface area (Å²) in [5.74, 6) is 0.0198. The van der Waals surface area contributed by atoms with Crippen molar-refractivity contribution >= 4 is 28.6 Å². The highest BCUT2D eigenvalue weighted by molar-refractivity contribution is 5.96. The Labute approximate surface area is 211 Å². The average Bonchev–Trinajstić information content (AvgIpc) is 3.19. The van der Waals surface area contributed by atoms with Gasteiger partial charge in [0.15, 0.2) is 0 Å². The molecule has 0 fully saturated rings. The number of carboxylic acids is 1. The van der Waals surface area contributed by atoms with Crippen molar-refractivity contribution in [2.24, 2.45) is 0 Å². The molecule has 3 aromatic carbocycles. The normalized spacial score (nSPS) is 11.2. The number of carboxylic acid groups (broad SMARTS) is 1. The Morgan fingerprint density at radius 3 is 2.47 bits per heavy atom. The fraction of sp³-hybridized carbons (Fsp3) is 0.276. The number of hydrogen-bond donors (Lipinski definition) is 2. The topological polar surface area (TPSA) is 87.5 Å². The molecule has 0 radical (unpaired) electrons. The molecule has 0 saturated carbocycles. The number of imidazole rings is 1. The number of anilines is 1. The van der Waals surface area contributed by atoms with Crippen molar-refractivity contribution in [2.75, 3.05) is 26.0 Å². The van der Waals surface area contributed by atoms with E-state index in [1.807, 2.05) is 73.6 Å². The van der Waals surface area contributed by atoms with Crippen LogP contribution in [0.2, 0.25) is 0 Å². The molecule has 0 saturated heterocycles. The molecule has 4 rings (SSSR count). The van der Waals surface area contributed by atoms with Gasteiger partial charge in [-0.05, 0) is 61.5 Å². The third-order valence-corrected chi connectivity index (χ3v) is 6.09. The molecule has 0 aliphatic rings. The molecule has 7 heteroatoms. The van der Waals surface area contributed by atoms with Gasteiger partial charge in [0.25, 0.3) is 0 Å². The van der Waals surface area contributed by atoms with Gasteiger partial charge in [0.2, 0.25) is 5.91 Å². The standard InChI is InChI=1S/C29H32N4O3/c1-4-5-10-27-31-25-16-15-22(30-28(34)19-32(2)3)17-26(25)33(27)18-20-11-13-21(14-12-20)23-8-6-7-9-24(23)29(35)36/h6-9,11-17H,4-5,10,18-19H2,1-3H3,(H,30,34)(H,35,36). The zero-order valence-corrected chi connectivity index (χ0v) is 21.0. The maximum atomic E-state index is 12.3. The maximum absolute atomic E-state index is 12.3. The van der Waals surface area contributed by atoms with Gasteiger partial charge in [0, 0.05) is 18.7 Å². The lowest BCUT2D eigenvalue weighted by molar-refractivity contribution is -0.116. The average molecular weight is 485 g/mol. The Balaban J connectivity index is 1.65. The predicted molar refractivity (Wildman–Crippen MR) is 143 cm³/mol. The van der Waals surface area contributed by atoms with Gasteiger partial charge in [-0.25, -0.2) is 9.78 Å². The van der Waals surface area contributed by atoms with Crippen molar-refractivity contribution in [1.29, 1.82) is 0 Å². The van der Waals surface area contributed by atoms with Crippen LogP contribution in [0.3, 0.4) is 0 Å². The molecule has 1 aromatic heterocycles. The van der Waals surface area contributed by atoms with E-state index in [9.17, 15) is 14.7 Å². The summed E-state index contributed by atoms with van der Waals surface area (Å²) in [5, 5.41) is 12.5. The van der Waals surface area contributed by atoms with Gasteiger partial charge >= 0.3 is 5.97 Å². The largest absolute Gasteiger partial charge is 0.478 e. The number of hydrogen-bond acceptors (Lipinski definition) is 4. The van der Waals surface area contributed by atoms with Gasteiger partial charge in [0.05, 0.1) is 23.1 Å². The molecular weight excluding hydrogens is 452 g/mol. The highest BCUT2D eigenvalue weighted by atomic mass is 16.4. The van der Waals surface area contributed by atoms with Crippen LogP contribution >= 0.6 is 0 Å². The van der Waals surface area contributed by atoms with Gasteiger partial charge in [0.1, 0.15) is 5.82 Å². The molecular formula is C29H32N4O3. The van der Waals surface area contributed by atoms with E-state index in [4.69, 9.17) is 4.98 Å². The van der Waals surface area contributed by atoms with Crippen LogP contribution in [0.4, 0.5) is 5.69 Å². The number of carbonyl (C=O) groups is 2. The summed E-state index contributed by atoms with van der Waals surface area (Å²) in [6.07, 6.45) is 2.99. The second-order valence-electron chi connectivity index (χ2n) is 9.25. The van der Waals surface area contributed by atoms with Crippen LogP contribution in [0, 0.1) is 0 Å². The quantitative estimate of drug-likeness (QED) is 0.319. The molecule has 0 spiro atoms. The van der Waals surface area contributed by atoms with Crippen LogP contribution < -0.4 is 5.32 Å². The Kier molecular flexibility index (Phi) is 7.80. The van der Waals surface area contributed by atoms with E-state index in [0.29, 0.717) is 18.7 Å². The molecule has 0 atom stereocenters. The SMILES string of the molecule is CCCCc1nc2ccc(NC(=O)CN(C)C)cc2n1Cc1ccc(-c2ccccc2C(=O)O)cc1. The molecule has 36 heavy (non-hydrogen) atoms. The number of rotatable bonds is 10. The first-order chi connectivity index (χ1) is 17.4. The van der Waals surface area contributed by atoms with E-state index >= 15 is 0 Å². The molecule has 0 aliphatic heterocycles. The first-order valence-electron chi connectivity index (χ1n) is 12.2. The summed E-state index contributed by atoms with van der Waals surface area (Å²) in [7, 11) is 3.73. The summed E-state index contributed by atoms with van der Waals surface area (Å²) in [4.78, 5) is 30.6. The Bertz CT molecular complexity index is 1370. The number of benzene rings is 3. The molecule has 2 N–H and O–H groups in total. The van der Waals surface area contributed by atoms with Gasteiger partial charge < -0.3 is 19.9 Å². The summed E-state index contributed by atoms with van der Waals surface area (Å²) >= 11 is 0. The number of aryl methyl sites for hydroxylation is 1. The predicted octanol–water partition coefficient (Wildman–Crippen LogP) is 5.29. The zero-order valence-electron chi connectivity index (χ0n) is 21.0. The third-order valence-electron chi connectivity index (χ3n) is 6.09. The van der Waals surface area contributed by atoms with E-state index in [1.165, 1.54) is 0 Å². The fourth-order valence-electron chi connectivity index (χ4n) is 4.33. The second-order valence-corrected chi connectivity index (χ2v) is 9.25. The smallest absolute Gasteiger partial charge is 0.336 e. The number of unbranched alkanes of at least 4 members (excludes halogenated alkanes) is 1. The Hall–Kier alpha value is -3.97. The van der Waals surface area contributed by atoms with E-state index in [-0.39, 0.29) is 11.5 Å². The first kappa shape index (κ1) is 25.1. The van der Waals surface area contributed by atoms with Crippen LogP contribution in [-0.2, 0) is 17.8 Å². The van der Waals surface area contributed by atoms with E-state index in [1.54, 1.807) is 12.1 Å². The van der Waals surface area contributed by atoms with Crippen LogP contribution in [-0.4, -0.2) is 52.1 Å². The Morgan fingerprint density at radius 2 is 1.78 bits per heavy atom. The lowest BCUT2D eigenvalue weighted by Gasteiger charge is -2.12. The number of aromatic carboxylic acids is 1. The highest BCUT2D eigenvalue weighted by Gasteiger charge is 2.14. The van der Waals surface area contributed by atoms with Crippen molar-refractivity contribution in [3.05, 3.63) is 83.7 Å². The molecule has 0 unspecified atom stereocenters. The van der Waals surface area contributed by atoms with Crippen LogP contribution in [0.15, 0.2) is 66.7 Å². The van der Waals surface area contributed by atoms with Gasteiger partial charge in [-0.15, -0.1) is 0 Å². The Morgan fingerprint density at radius 1 is 1.03 bits per heavy atom. The molecule has 4 aromatic rings. The lowest BCUT2D eigenvalue weighted by Crippen LogP contribution is -2.27. The van der Waals surface area contributed by atoms with Crippen LogP contribution in [0.25, 0.3) is 22.2 Å². The van der Waals surface area contributed by atoms with E-state index in [0.717, 1.165) is 52.9 Å². The number of nitrogens with zero attached hydrogens (tertiary/aromatic N) is 3. The zero-order chi connectivity index (χ0) is 25.7. The minimum atomic E-state index is -0.936. The van der Waals surface area contributed by atoms with Gasteiger partial charge in [-0.1, -0.05) is 55.8 Å². The molecule has 0 aliphatic carbocycles.